The molecule has 0 amide bonds. The van der Waals surface area contributed by atoms with Crippen molar-refractivity contribution in [3.8, 4) is 18.2 Å². The number of nitriles is 3. The molecular weight excluding hydrogens is 1810 g/mol. The van der Waals surface area contributed by atoms with Crippen molar-refractivity contribution in [1.29, 1.82) is 15.8 Å². The molecule has 0 fully saturated rings. The zero-order valence-corrected chi connectivity index (χ0v) is 69.4. The number of para-hydroxylation sites is 6. The van der Waals surface area contributed by atoms with Crippen molar-refractivity contribution in [2.75, 3.05) is 14.7 Å². The molecular formula is C82H51BrN10O2S3Se6. The summed E-state index contributed by atoms with van der Waals surface area (Å²) >= 11 is 9.04. The van der Waals surface area contributed by atoms with Gasteiger partial charge in [-0.1, -0.05) is 0 Å². The number of nitro benzene ring substituents is 1. The van der Waals surface area contributed by atoms with Gasteiger partial charge in [-0.05, 0) is 0 Å². The van der Waals surface area contributed by atoms with E-state index in [4.69, 9.17) is 9.97 Å². The van der Waals surface area contributed by atoms with Crippen LogP contribution in [0.3, 0.4) is 0 Å². The van der Waals surface area contributed by atoms with Crippen LogP contribution in [-0.4, -0.2) is 108 Å². The van der Waals surface area contributed by atoms with Crippen molar-refractivity contribution in [2.45, 2.75) is 26.2 Å². The molecule has 0 saturated carbocycles. The molecule has 0 spiro atoms. The molecule has 9 aromatic carbocycles. The number of anilines is 9. The van der Waals surface area contributed by atoms with Gasteiger partial charge in [-0.3, -0.25) is 0 Å². The van der Waals surface area contributed by atoms with E-state index in [1.165, 1.54) is 112 Å². The Morgan fingerprint density at radius 2 is 0.731 bits per heavy atom. The number of thiazole rings is 3. The van der Waals surface area contributed by atoms with Gasteiger partial charge in [0.05, 0.1) is 0 Å². The predicted molar refractivity (Wildman–Crippen MR) is 442 cm³/mol. The molecule has 15 aromatic rings. The quantitative estimate of drug-likeness (QED) is 0.0554. The van der Waals surface area contributed by atoms with Crippen LogP contribution in [0.15, 0.2) is 241 Å². The zero-order chi connectivity index (χ0) is 71.2. The first-order valence-electron chi connectivity index (χ1n) is 32.4. The zero-order valence-electron chi connectivity index (χ0n) is 55.1. The number of hydrogen-bond donors (Lipinski definition) is 0. The first kappa shape index (κ1) is 69.5. The van der Waals surface area contributed by atoms with Crippen LogP contribution in [0.1, 0.15) is 54.7 Å². The number of nitrogens with zero attached hydrogens (tertiary/aromatic N) is 10. The number of non-ortho nitro benzene ring substituents is 1. The molecule has 3 aliphatic rings. The minimum absolute atomic E-state index is 0.00211. The molecule has 0 atom stereocenters. The Morgan fingerprint density at radius 3 is 1.06 bits per heavy atom. The number of rotatable bonds is 10. The van der Waals surface area contributed by atoms with Gasteiger partial charge in [-0.2, -0.15) is 0 Å². The number of aromatic nitrogens is 3. The number of hydrogen-bond acceptors (Lipinski definition) is 14. The Bertz CT molecular complexity index is 6020. The van der Waals surface area contributed by atoms with E-state index in [1.54, 1.807) is 28.7 Å². The number of halogens is 1. The number of nitro groups is 1. The van der Waals surface area contributed by atoms with E-state index in [0.29, 0.717) is 61.9 Å². The normalized spacial score (nSPS) is 13.0. The second-order valence-electron chi connectivity index (χ2n) is 24.7. The van der Waals surface area contributed by atoms with Gasteiger partial charge in [-0.25, -0.2) is 0 Å². The summed E-state index contributed by atoms with van der Waals surface area (Å²) < 4.78 is 19.5. The van der Waals surface area contributed by atoms with Gasteiger partial charge in [0.2, 0.25) is 0 Å². The number of benzene rings is 9. The van der Waals surface area contributed by atoms with Gasteiger partial charge < -0.3 is 0 Å². The molecule has 0 saturated heterocycles. The molecule has 18 rings (SSSR count). The molecule has 22 heteroatoms. The van der Waals surface area contributed by atoms with Gasteiger partial charge in [0.1, 0.15) is 0 Å². The maximum atomic E-state index is 11.1. The third-order valence-corrected chi connectivity index (χ3v) is 34.1. The van der Waals surface area contributed by atoms with Gasteiger partial charge in [-0.15, -0.1) is 0 Å². The molecule has 0 aliphatic carbocycles. The first-order chi connectivity index (χ1) is 50.7. The standard InChI is InChI=1S/C30H23N3SSe2.C26H14BrN3SSe2.C26H14N4O2SSe2/c1-30(2,3)20-12-14-22-25(17-20)34-29(32-22)19(18-31)16-21-13-15-28(35-21)33-23-8-4-6-10-26(23)36-27-11-7-5-9-24(27)33;27-17-9-11-19-22(14-17)31-26(29-19)16(15-28)13-18-10-12-25(32-18)30-20-5-1-3-7-23(20)33-24-8-4-2-6-21(24)30;27-15-16(26-28-19-11-9-17(30(31)32)14-22(19)33-26)13-18-10-12-25(34-18)29-20-5-1-3-7-23(20)35-24-8-4-2-6-21(24)29/h4-17H,1-3H3;1-14H;1-14H/b19-16+;2*16-13+. The summed E-state index contributed by atoms with van der Waals surface area (Å²) in [7, 11) is 0. The molecule has 0 bridgehead atoms. The van der Waals surface area contributed by atoms with E-state index in [-0.39, 0.29) is 69.6 Å². The van der Waals surface area contributed by atoms with Crippen LogP contribution in [0.5, 0.6) is 0 Å². The molecule has 12 nitrogen and oxygen atoms in total. The Balaban J connectivity index is 0.000000120. The summed E-state index contributed by atoms with van der Waals surface area (Å²) in [4.78, 5) is 31.9. The fraction of sp³-hybridized carbons (Fsp3) is 0.0488. The van der Waals surface area contributed by atoms with Crippen LogP contribution in [-0.2, 0) is 5.41 Å². The molecule has 104 heavy (non-hydrogen) atoms. The molecule has 0 unspecified atom stereocenters. The molecule has 3 aliphatic heterocycles. The topological polar surface area (TPSA) is 163 Å². The van der Waals surface area contributed by atoms with Crippen LogP contribution in [0.25, 0.3) is 65.6 Å². The van der Waals surface area contributed by atoms with Gasteiger partial charge in [0.15, 0.2) is 0 Å². The Hall–Kier alpha value is -8.82. The minimum atomic E-state index is -0.420. The second-order valence-corrected chi connectivity index (χ2v) is 42.4. The van der Waals surface area contributed by atoms with Gasteiger partial charge in [0, 0.05) is 0 Å². The average Bonchev–Trinajstić information content (AvgIpc) is 1.69. The van der Waals surface area contributed by atoms with E-state index in [2.05, 4.69) is 281 Å². The number of fused-ring (bicyclic) bond motifs is 9. The molecule has 6 aromatic heterocycles. The number of allylic oxidation sites excluding steroid dienone is 3. The monoisotopic (exact) mass is 1860 g/mol. The SMILES string of the molecule is CC(C)(C)c1ccc2nc(/C(C#N)=C/c3ccc(N4c5ccccc5[Se]c5ccccc54)[se]3)sc2c1.N#C/C(=C\c1ccc(N2c3ccccc3[Se]c3ccccc32)[se]1)c1nc2ccc(Br)cc2s1.N#C/C(=C\c1ccc(N2c3ccccc3[Se]c3ccccc32)[se]1)c1nc2ccc([N+](=O)[O-])cc2s1. The third-order valence-electron chi connectivity index (χ3n) is 16.9. The van der Waals surface area contributed by atoms with E-state index in [1.807, 2.05) is 30.4 Å². The molecule has 9 heterocycles. The summed E-state index contributed by atoms with van der Waals surface area (Å²) in [5, 5.41) is 43.0. The van der Waals surface area contributed by atoms with Crippen molar-refractivity contribution < 1.29 is 4.92 Å². The van der Waals surface area contributed by atoms with Crippen LogP contribution < -0.4 is 41.5 Å². The van der Waals surface area contributed by atoms with E-state index in [9.17, 15) is 25.9 Å². The van der Waals surface area contributed by atoms with Crippen LogP contribution in [0.4, 0.5) is 53.5 Å². The van der Waals surface area contributed by atoms with Gasteiger partial charge >= 0.3 is 664 Å². The molecule has 502 valence electrons. The van der Waals surface area contributed by atoms with Crippen LogP contribution >= 0.6 is 49.9 Å². The second kappa shape index (κ2) is 30.0. The van der Waals surface area contributed by atoms with Gasteiger partial charge in [0.25, 0.3) is 0 Å². The van der Waals surface area contributed by atoms with Crippen LogP contribution in [0.2, 0.25) is 0 Å². The van der Waals surface area contributed by atoms with Crippen molar-refractivity contribution in [1.82, 2.24) is 15.0 Å². The van der Waals surface area contributed by atoms with Crippen molar-refractivity contribution in [2.24, 2.45) is 0 Å². The third kappa shape index (κ3) is 14.3. The average molecular weight is 1860 g/mol. The fourth-order valence-electron chi connectivity index (χ4n) is 12.0. The van der Waals surface area contributed by atoms with E-state index < -0.39 is 4.92 Å². The van der Waals surface area contributed by atoms with E-state index >= 15 is 0 Å². The van der Waals surface area contributed by atoms with E-state index in [0.717, 1.165) is 39.4 Å². The molecule has 0 radical (unpaired) electrons. The maximum absolute atomic E-state index is 11.1. The Kier molecular flexibility index (Phi) is 20.0. The summed E-state index contributed by atoms with van der Waals surface area (Å²) in [6.07, 6.45) is 5.96. The van der Waals surface area contributed by atoms with Crippen molar-refractivity contribution in [3.05, 3.63) is 285 Å². The Labute approximate surface area is 656 Å². The Morgan fingerprint density at radius 1 is 0.423 bits per heavy atom. The van der Waals surface area contributed by atoms with Crippen LogP contribution in [0, 0.1) is 44.1 Å². The fourth-order valence-corrected chi connectivity index (χ4v) is 28.2. The summed E-state index contributed by atoms with van der Waals surface area (Å²) in [5.41, 5.74) is 13.2. The first-order valence-corrected chi connectivity index (χ1v) is 45.9. The van der Waals surface area contributed by atoms with Crippen molar-refractivity contribution >= 4 is 284 Å². The summed E-state index contributed by atoms with van der Waals surface area (Å²) in [6.45, 7) is 6.65. The molecule has 0 N–H and O–H groups in total. The van der Waals surface area contributed by atoms with Crippen molar-refractivity contribution in [3.63, 3.8) is 0 Å². The predicted octanol–water partition coefficient (Wildman–Crippen LogP) is 16.5. The summed E-state index contributed by atoms with van der Waals surface area (Å²) in [5.74, 6) is 0. The summed E-state index contributed by atoms with van der Waals surface area (Å²) in [6, 6.07) is 89.1.